The molecule has 150 valence electrons. The molecule has 1 atom stereocenters. The molecule has 1 N–H and O–H groups in total. The van der Waals surface area contributed by atoms with E-state index in [1.54, 1.807) is 6.07 Å². The van der Waals surface area contributed by atoms with Crippen molar-refractivity contribution in [2.45, 2.75) is 46.7 Å². The summed E-state index contributed by atoms with van der Waals surface area (Å²) in [5.41, 5.74) is 5.24. The summed E-state index contributed by atoms with van der Waals surface area (Å²) in [6.07, 6.45) is 2.11. The molecule has 0 spiro atoms. The number of nitrogens with one attached hydrogen (secondary N) is 1. The van der Waals surface area contributed by atoms with E-state index in [0.717, 1.165) is 40.5 Å². The Hall–Kier alpha value is -2.34. The zero-order valence-electron chi connectivity index (χ0n) is 17.1. The SMILES string of the molecule is Cc1cc(-c2cccc(NS(C)(=O)=O)c2)cc2c1C(=O)N([C@@H](C)CC(C)C)C2. The molecule has 2 aromatic carbocycles. The molecule has 0 saturated heterocycles. The van der Waals surface area contributed by atoms with Crippen LogP contribution in [0, 0.1) is 12.8 Å². The molecule has 3 rings (SSSR count). The number of sulfonamides is 1. The average Bonchev–Trinajstić information content (AvgIpc) is 2.90. The summed E-state index contributed by atoms with van der Waals surface area (Å²) in [6, 6.07) is 11.6. The standard InChI is InChI=1S/C22H28N2O3S/c1-14(2)9-16(4)24-13-19-11-18(10-15(3)21(19)22(24)25)17-7-6-8-20(12-17)23-28(5,26)27/h6-8,10-12,14,16,23H,9,13H2,1-5H3/t16-/m0/s1. The quantitative estimate of drug-likeness (QED) is 0.780. The number of hydrogen-bond acceptors (Lipinski definition) is 3. The number of carbonyl (C=O) groups is 1. The number of benzene rings is 2. The lowest BCUT2D eigenvalue weighted by Gasteiger charge is -2.25. The molecule has 0 unspecified atom stereocenters. The molecule has 1 aliphatic rings. The summed E-state index contributed by atoms with van der Waals surface area (Å²) >= 11 is 0. The summed E-state index contributed by atoms with van der Waals surface area (Å²) in [6.45, 7) is 9.05. The number of amides is 1. The van der Waals surface area contributed by atoms with Crippen molar-refractivity contribution in [1.29, 1.82) is 0 Å². The van der Waals surface area contributed by atoms with Crippen LogP contribution in [0.25, 0.3) is 11.1 Å². The van der Waals surface area contributed by atoms with Gasteiger partial charge in [0.15, 0.2) is 0 Å². The maximum absolute atomic E-state index is 12.9. The number of aryl methyl sites for hydroxylation is 1. The summed E-state index contributed by atoms with van der Waals surface area (Å²) in [7, 11) is -3.33. The van der Waals surface area contributed by atoms with Crippen LogP contribution >= 0.6 is 0 Å². The number of carbonyl (C=O) groups excluding carboxylic acids is 1. The zero-order chi connectivity index (χ0) is 20.6. The molecular formula is C22H28N2O3S. The van der Waals surface area contributed by atoms with E-state index in [1.165, 1.54) is 0 Å². The first-order chi connectivity index (χ1) is 13.0. The van der Waals surface area contributed by atoms with Gasteiger partial charge < -0.3 is 4.90 Å². The highest BCUT2D eigenvalue weighted by Crippen LogP contribution is 2.34. The summed E-state index contributed by atoms with van der Waals surface area (Å²) < 4.78 is 25.5. The minimum atomic E-state index is -3.33. The van der Waals surface area contributed by atoms with Crippen LogP contribution in [0.15, 0.2) is 36.4 Å². The van der Waals surface area contributed by atoms with Crippen molar-refractivity contribution in [3.8, 4) is 11.1 Å². The minimum Gasteiger partial charge on any atom is -0.332 e. The summed E-state index contributed by atoms with van der Waals surface area (Å²) in [5.74, 6) is 0.646. The largest absolute Gasteiger partial charge is 0.332 e. The van der Waals surface area contributed by atoms with Crippen molar-refractivity contribution in [3.05, 3.63) is 53.1 Å². The molecule has 0 bridgehead atoms. The van der Waals surface area contributed by atoms with Gasteiger partial charge in [0.25, 0.3) is 5.91 Å². The van der Waals surface area contributed by atoms with Gasteiger partial charge in [-0.25, -0.2) is 8.42 Å². The van der Waals surface area contributed by atoms with Gasteiger partial charge in [-0.05, 0) is 66.6 Å². The van der Waals surface area contributed by atoms with Crippen molar-refractivity contribution < 1.29 is 13.2 Å². The molecule has 0 aliphatic carbocycles. The lowest BCUT2D eigenvalue weighted by atomic mass is 9.96. The Labute approximate surface area is 167 Å². The molecule has 0 aromatic heterocycles. The first-order valence-electron chi connectivity index (χ1n) is 9.58. The molecule has 5 nitrogen and oxygen atoms in total. The van der Waals surface area contributed by atoms with E-state index in [4.69, 9.17) is 0 Å². The number of fused-ring (bicyclic) bond motifs is 1. The van der Waals surface area contributed by atoms with Crippen LogP contribution in [0.1, 0.15) is 48.7 Å². The molecule has 1 heterocycles. The Morgan fingerprint density at radius 1 is 1.11 bits per heavy atom. The van der Waals surface area contributed by atoms with Crippen molar-refractivity contribution in [1.82, 2.24) is 4.90 Å². The second kappa shape index (κ2) is 7.59. The van der Waals surface area contributed by atoms with Gasteiger partial charge >= 0.3 is 0 Å². The third kappa shape index (κ3) is 4.38. The van der Waals surface area contributed by atoms with Crippen LogP contribution in [-0.2, 0) is 16.6 Å². The Bertz CT molecular complexity index is 1010. The predicted molar refractivity (Wildman–Crippen MR) is 114 cm³/mol. The fraction of sp³-hybridized carbons (Fsp3) is 0.409. The van der Waals surface area contributed by atoms with Crippen LogP contribution in [0.3, 0.4) is 0 Å². The molecular weight excluding hydrogens is 372 g/mol. The van der Waals surface area contributed by atoms with E-state index in [0.29, 0.717) is 18.2 Å². The van der Waals surface area contributed by atoms with Crippen LogP contribution in [0.5, 0.6) is 0 Å². The van der Waals surface area contributed by atoms with Crippen molar-refractivity contribution in [2.75, 3.05) is 11.0 Å². The van der Waals surface area contributed by atoms with Crippen molar-refractivity contribution >= 4 is 21.6 Å². The summed E-state index contributed by atoms with van der Waals surface area (Å²) in [4.78, 5) is 14.9. The molecule has 1 aliphatic heterocycles. The highest BCUT2D eigenvalue weighted by atomic mass is 32.2. The monoisotopic (exact) mass is 400 g/mol. The third-order valence-electron chi connectivity index (χ3n) is 5.08. The third-order valence-corrected chi connectivity index (χ3v) is 5.68. The Morgan fingerprint density at radius 2 is 1.82 bits per heavy atom. The Kier molecular flexibility index (Phi) is 5.53. The smallest absolute Gasteiger partial charge is 0.255 e. The topological polar surface area (TPSA) is 66.5 Å². The van der Waals surface area contributed by atoms with E-state index in [2.05, 4.69) is 31.6 Å². The normalized spacial score (nSPS) is 15.1. The van der Waals surface area contributed by atoms with Gasteiger partial charge in [-0.2, -0.15) is 0 Å². The lowest BCUT2D eigenvalue weighted by Crippen LogP contribution is -2.34. The fourth-order valence-corrected chi connectivity index (χ4v) is 4.55. The van der Waals surface area contributed by atoms with Gasteiger partial charge in [0, 0.05) is 23.8 Å². The van der Waals surface area contributed by atoms with Crippen molar-refractivity contribution in [3.63, 3.8) is 0 Å². The van der Waals surface area contributed by atoms with Gasteiger partial charge in [0.1, 0.15) is 0 Å². The van der Waals surface area contributed by atoms with E-state index < -0.39 is 10.0 Å². The minimum absolute atomic E-state index is 0.111. The van der Waals surface area contributed by atoms with Crippen molar-refractivity contribution in [2.24, 2.45) is 5.92 Å². The van der Waals surface area contributed by atoms with Gasteiger partial charge in [0.05, 0.1) is 6.26 Å². The van der Waals surface area contributed by atoms with Crippen LogP contribution < -0.4 is 4.72 Å². The molecule has 0 radical (unpaired) electrons. The fourth-order valence-electron chi connectivity index (χ4n) is 4.00. The Morgan fingerprint density at radius 3 is 2.46 bits per heavy atom. The summed E-state index contributed by atoms with van der Waals surface area (Å²) in [5, 5.41) is 0. The Balaban J connectivity index is 1.94. The van der Waals surface area contributed by atoms with E-state index in [9.17, 15) is 13.2 Å². The highest BCUT2D eigenvalue weighted by Gasteiger charge is 2.32. The molecule has 2 aromatic rings. The maximum Gasteiger partial charge on any atom is 0.255 e. The lowest BCUT2D eigenvalue weighted by molar-refractivity contribution is 0.0698. The van der Waals surface area contributed by atoms with Crippen LogP contribution in [-0.4, -0.2) is 31.5 Å². The van der Waals surface area contributed by atoms with Crippen LogP contribution in [0.2, 0.25) is 0 Å². The second-order valence-electron chi connectivity index (χ2n) is 8.19. The molecule has 0 fully saturated rings. The van der Waals surface area contributed by atoms with Crippen LogP contribution in [0.4, 0.5) is 5.69 Å². The maximum atomic E-state index is 12.9. The molecule has 28 heavy (non-hydrogen) atoms. The van der Waals surface area contributed by atoms with E-state index in [1.807, 2.05) is 36.1 Å². The van der Waals surface area contributed by atoms with Gasteiger partial charge in [-0.3, -0.25) is 9.52 Å². The number of rotatable bonds is 6. The van der Waals surface area contributed by atoms with E-state index >= 15 is 0 Å². The first kappa shape index (κ1) is 20.4. The molecule has 0 saturated carbocycles. The average molecular weight is 401 g/mol. The predicted octanol–water partition coefficient (Wildman–Crippen LogP) is 4.42. The van der Waals surface area contributed by atoms with Gasteiger partial charge in [-0.15, -0.1) is 0 Å². The first-order valence-corrected chi connectivity index (χ1v) is 11.5. The highest BCUT2D eigenvalue weighted by molar-refractivity contribution is 7.92. The zero-order valence-corrected chi connectivity index (χ0v) is 17.9. The van der Waals surface area contributed by atoms with E-state index in [-0.39, 0.29) is 11.9 Å². The second-order valence-corrected chi connectivity index (χ2v) is 9.94. The number of hydrogen-bond donors (Lipinski definition) is 1. The molecule has 6 heteroatoms. The number of nitrogens with zero attached hydrogens (tertiary/aromatic N) is 1. The van der Waals surface area contributed by atoms with Gasteiger partial charge in [0.2, 0.25) is 10.0 Å². The number of anilines is 1. The molecule has 1 amide bonds. The van der Waals surface area contributed by atoms with Gasteiger partial charge in [-0.1, -0.05) is 32.0 Å².